The fourth-order valence-corrected chi connectivity index (χ4v) is 0.707. The highest BCUT2D eigenvalue weighted by Gasteiger charge is 2.16. The summed E-state index contributed by atoms with van der Waals surface area (Å²) >= 11 is 0. The summed E-state index contributed by atoms with van der Waals surface area (Å²) in [5.41, 5.74) is 0.163. The quantitative estimate of drug-likeness (QED) is 0.412. The van der Waals surface area contributed by atoms with Crippen molar-refractivity contribution >= 4 is 23.6 Å². The predicted molar refractivity (Wildman–Crippen MR) is 51.5 cm³/mol. The van der Waals surface area contributed by atoms with Gasteiger partial charge in [-0.05, 0) is 13.8 Å². The number of methoxy groups -OCH3 is 1. The lowest BCUT2D eigenvalue weighted by Gasteiger charge is -2.04. The molecule has 15 heavy (non-hydrogen) atoms. The van der Waals surface area contributed by atoms with Crippen LogP contribution in [0.3, 0.4) is 0 Å². The van der Waals surface area contributed by atoms with Gasteiger partial charge in [-0.25, -0.2) is 4.99 Å². The van der Waals surface area contributed by atoms with E-state index in [9.17, 15) is 14.4 Å². The molecule has 1 unspecified atom stereocenters. The van der Waals surface area contributed by atoms with Crippen molar-refractivity contribution in [3.8, 4) is 0 Å². The Hall–Kier alpha value is -1.72. The highest BCUT2D eigenvalue weighted by Crippen LogP contribution is 2.00. The van der Waals surface area contributed by atoms with Gasteiger partial charge < -0.3 is 9.84 Å². The van der Waals surface area contributed by atoms with Gasteiger partial charge in [0.05, 0.1) is 13.0 Å². The summed E-state index contributed by atoms with van der Waals surface area (Å²) < 4.78 is 4.27. The first-order chi connectivity index (χ1) is 6.88. The minimum absolute atomic E-state index is 0.163. The Morgan fingerprint density at radius 2 is 1.93 bits per heavy atom. The van der Waals surface area contributed by atoms with Gasteiger partial charge in [0.15, 0.2) is 0 Å². The molecule has 1 amide bonds. The second kappa shape index (κ2) is 5.90. The zero-order valence-electron chi connectivity index (χ0n) is 8.81. The summed E-state index contributed by atoms with van der Waals surface area (Å²) in [5, 5.41) is 8.61. The van der Waals surface area contributed by atoms with Crippen LogP contribution in [0.25, 0.3) is 0 Å². The summed E-state index contributed by atoms with van der Waals surface area (Å²) in [4.78, 5) is 35.7. The van der Waals surface area contributed by atoms with Gasteiger partial charge in [0.1, 0.15) is 6.42 Å². The summed E-state index contributed by atoms with van der Waals surface area (Å²) in [6.45, 7) is 2.83. The molecule has 0 aromatic carbocycles. The van der Waals surface area contributed by atoms with Crippen LogP contribution >= 0.6 is 0 Å². The molecule has 6 heteroatoms. The normalized spacial score (nSPS) is 13.1. The van der Waals surface area contributed by atoms with E-state index in [1.807, 2.05) is 0 Å². The van der Waals surface area contributed by atoms with Crippen molar-refractivity contribution in [1.82, 2.24) is 0 Å². The SMILES string of the molecule is COC(=O)CC(=O)/N=C(\C)C(C)C(=O)O. The van der Waals surface area contributed by atoms with Gasteiger partial charge in [-0.1, -0.05) is 0 Å². The van der Waals surface area contributed by atoms with E-state index in [1.165, 1.54) is 13.8 Å². The van der Waals surface area contributed by atoms with E-state index in [4.69, 9.17) is 5.11 Å². The fraction of sp³-hybridized carbons (Fsp3) is 0.556. The Bertz CT molecular complexity index is 308. The van der Waals surface area contributed by atoms with Crippen molar-refractivity contribution < 1.29 is 24.2 Å². The number of amides is 1. The molecule has 1 atom stereocenters. The first-order valence-electron chi connectivity index (χ1n) is 4.26. The maximum absolute atomic E-state index is 11.1. The molecule has 6 nitrogen and oxygen atoms in total. The summed E-state index contributed by atoms with van der Waals surface area (Å²) in [6, 6.07) is 0. The zero-order valence-corrected chi connectivity index (χ0v) is 8.81. The van der Waals surface area contributed by atoms with Crippen LogP contribution in [0.15, 0.2) is 4.99 Å². The van der Waals surface area contributed by atoms with Gasteiger partial charge in [-0.15, -0.1) is 0 Å². The van der Waals surface area contributed by atoms with Gasteiger partial charge in [0.25, 0.3) is 5.91 Å². The molecule has 0 spiro atoms. The van der Waals surface area contributed by atoms with E-state index < -0.39 is 30.2 Å². The number of aliphatic carboxylic acids is 1. The number of aliphatic imine (C=N–C) groups is 1. The predicted octanol–water partition coefficient (Wildman–Crippen LogP) is 0.258. The molecule has 0 fully saturated rings. The first-order valence-corrected chi connectivity index (χ1v) is 4.26. The second-order valence-corrected chi connectivity index (χ2v) is 2.96. The number of carbonyl (C=O) groups is 3. The van der Waals surface area contributed by atoms with Gasteiger partial charge in [-0.2, -0.15) is 0 Å². The van der Waals surface area contributed by atoms with Crippen molar-refractivity contribution in [2.24, 2.45) is 10.9 Å². The topological polar surface area (TPSA) is 93.0 Å². The maximum Gasteiger partial charge on any atom is 0.315 e. The van der Waals surface area contributed by atoms with Crippen LogP contribution in [0.5, 0.6) is 0 Å². The van der Waals surface area contributed by atoms with Gasteiger partial charge in [0.2, 0.25) is 0 Å². The summed E-state index contributed by atoms with van der Waals surface area (Å²) in [5.74, 6) is -3.30. The third-order valence-corrected chi connectivity index (χ3v) is 1.82. The Labute approximate surface area is 86.9 Å². The number of rotatable bonds is 4. The molecule has 0 aliphatic rings. The Kier molecular flexibility index (Phi) is 5.22. The molecule has 0 aliphatic heterocycles. The third-order valence-electron chi connectivity index (χ3n) is 1.82. The van der Waals surface area contributed by atoms with Crippen molar-refractivity contribution in [2.75, 3.05) is 7.11 Å². The van der Waals surface area contributed by atoms with Crippen molar-refractivity contribution in [2.45, 2.75) is 20.3 Å². The minimum Gasteiger partial charge on any atom is -0.481 e. The van der Waals surface area contributed by atoms with Crippen LogP contribution in [0.4, 0.5) is 0 Å². The molecule has 1 N–H and O–H groups in total. The lowest BCUT2D eigenvalue weighted by molar-refractivity contribution is -0.143. The molecule has 0 bridgehead atoms. The molecule has 0 aliphatic carbocycles. The summed E-state index contributed by atoms with van der Waals surface area (Å²) in [6.07, 6.45) is -0.472. The summed E-state index contributed by atoms with van der Waals surface area (Å²) in [7, 11) is 1.16. The van der Waals surface area contributed by atoms with Crippen LogP contribution in [0, 0.1) is 5.92 Å². The Balaban J connectivity index is 4.42. The molecule has 84 valence electrons. The van der Waals surface area contributed by atoms with E-state index in [2.05, 4.69) is 9.73 Å². The molecule has 0 saturated heterocycles. The average molecular weight is 215 g/mol. The van der Waals surface area contributed by atoms with Crippen LogP contribution in [-0.2, 0) is 19.1 Å². The number of esters is 1. The second-order valence-electron chi connectivity index (χ2n) is 2.96. The fourth-order valence-electron chi connectivity index (χ4n) is 0.707. The standard InChI is InChI=1S/C9H13NO5/c1-5(9(13)14)6(2)10-7(11)4-8(12)15-3/h5H,4H2,1-3H3,(H,13,14)/b10-6+. The first kappa shape index (κ1) is 13.3. The average Bonchev–Trinajstić information content (AvgIpc) is 2.15. The third kappa shape index (κ3) is 4.90. The molecular weight excluding hydrogens is 202 g/mol. The Morgan fingerprint density at radius 3 is 2.33 bits per heavy atom. The largest absolute Gasteiger partial charge is 0.481 e. The van der Waals surface area contributed by atoms with E-state index in [0.29, 0.717) is 0 Å². The smallest absolute Gasteiger partial charge is 0.315 e. The number of hydrogen-bond acceptors (Lipinski definition) is 4. The number of hydrogen-bond donors (Lipinski definition) is 1. The number of carboxylic acid groups (broad SMARTS) is 1. The van der Waals surface area contributed by atoms with Crippen LogP contribution < -0.4 is 0 Å². The monoisotopic (exact) mass is 215 g/mol. The number of carbonyl (C=O) groups excluding carboxylic acids is 2. The van der Waals surface area contributed by atoms with Gasteiger partial charge in [-0.3, -0.25) is 14.4 Å². The van der Waals surface area contributed by atoms with E-state index in [-0.39, 0.29) is 5.71 Å². The maximum atomic E-state index is 11.1. The van der Waals surface area contributed by atoms with Crippen molar-refractivity contribution in [3.63, 3.8) is 0 Å². The highest BCUT2D eigenvalue weighted by atomic mass is 16.5. The van der Waals surface area contributed by atoms with Gasteiger partial charge >= 0.3 is 11.9 Å². The molecule has 0 saturated carbocycles. The molecule has 0 heterocycles. The number of nitrogens with zero attached hydrogens (tertiary/aromatic N) is 1. The molecule has 0 aromatic heterocycles. The zero-order chi connectivity index (χ0) is 12.0. The van der Waals surface area contributed by atoms with Crippen LogP contribution in [0.1, 0.15) is 20.3 Å². The highest BCUT2D eigenvalue weighted by molar-refractivity contribution is 6.07. The number of ether oxygens (including phenoxy) is 1. The minimum atomic E-state index is -1.07. The van der Waals surface area contributed by atoms with Crippen molar-refractivity contribution in [1.29, 1.82) is 0 Å². The van der Waals surface area contributed by atoms with Crippen molar-refractivity contribution in [3.05, 3.63) is 0 Å². The van der Waals surface area contributed by atoms with Crippen LogP contribution in [-0.4, -0.2) is 35.8 Å². The molecular formula is C9H13NO5. The van der Waals surface area contributed by atoms with E-state index in [0.717, 1.165) is 7.11 Å². The van der Waals surface area contributed by atoms with E-state index >= 15 is 0 Å². The molecule has 0 rings (SSSR count). The van der Waals surface area contributed by atoms with Crippen LogP contribution in [0.2, 0.25) is 0 Å². The number of carboxylic acids is 1. The molecule has 0 radical (unpaired) electrons. The lowest BCUT2D eigenvalue weighted by Crippen LogP contribution is -2.19. The van der Waals surface area contributed by atoms with E-state index in [1.54, 1.807) is 0 Å². The molecule has 0 aromatic rings. The Morgan fingerprint density at radius 1 is 1.40 bits per heavy atom. The lowest BCUT2D eigenvalue weighted by atomic mass is 10.1. The van der Waals surface area contributed by atoms with Gasteiger partial charge in [0, 0.05) is 5.71 Å².